The lowest BCUT2D eigenvalue weighted by Crippen LogP contribution is -2.35. The van der Waals surface area contributed by atoms with Gasteiger partial charge in [-0.3, -0.25) is 0 Å². The second-order valence-electron chi connectivity index (χ2n) is 3.88. The van der Waals surface area contributed by atoms with Crippen LogP contribution in [-0.2, 0) is 0 Å². The Morgan fingerprint density at radius 3 is 2.06 bits per heavy atom. The van der Waals surface area contributed by atoms with Crippen LogP contribution in [0.2, 0.25) is 0 Å². The van der Waals surface area contributed by atoms with Gasteiger partial charge in [-0.25, -0.2) is 0 Å². The van der Waals surface area contributed by atoms with Gasteiger partial charge in [0.15, 0.2) is 4.32 Å². The number of nitrogens with zero attached hydrogens (tertiary/aromatic N) is 3. The van der Waals surface area contributed by atoms with Crippen molar-refractivity contribution in [3.63, 3.8) is 0 Å². The minimum atomic E-state index is 0.619. The summed E-state index contributed by atoms with van der Waals surface area (Å²) in [4.78, 5) is 9.43. The van der Waals surface area contributed by atoms with Crippen molar-refractivity contribution in [1.29, 1.82) is 0 Å². The van der Waals surface area contributed by atoms with Crippen LogP contribution in [0.1, 0.15) is 0 Å². The summed E-state index contributed by atoms with van der Waals surface area (Å²) in [6.45, 7) is 0. The molecule has 0 aliphatic carbocycles. The second kappa shape index (κ2) is 6.61. The molecule has 1 aromatic rings. The summed E-state index contributed by atoms with van der Waals surface area (Å²) in [5, 5.41) is 0. The highest BCUT2D eigenvalue weighted by atomic mass is 32.2. The van der Waals surface area contributed by atoms with Crippen molar-refractivity contribution in [2.45, 2.75) is 4.90 Å². The predicted molar refractivity (Wildman–Crippen MR) is 79.7 cm³/mol. The highest BCUT2D eigenvalue weighted by Crippen LogP contribution is 2.19. The number of rotatable bonds is 1. The molecule has 1 rings (SSSR count). The molecule has 0 radical (unpaired) electrons. The van der Waals surface area contributed by atoms with E-state index in [1.807, 2.05) is 68.3 Å². The highest BCUT2D eigenvalue weighted by Gasteiger charge is 2.06. The van der Waals surface area contributed by atoms with E-state index in [0.717, 1.165) is 10.9 Å². The summed E-state index contributed by atoms with van der Waals surface area (Å²) in [6.07, 6.45) is 0. The molecule has 17 heavy (non-hydrogen) atoms. The third-order valence-electron chi connectivity index (χ3n) is 1.94. The first kappa shape index (κ1) is 14.0. The van der Waals surface area contributed by atoms with Crippen LogP contribution in [0.5, 0.6) is 0 Å². The van der Waals surface area contributed by atoms with E-state index in [0.29, 0.717) is 4.32 Å². The maximum absolute atomic E-state index is 5.27. The first-order valence-electron chi connectivity index (χ1n) is 5.21. The van der Waals surface area contributed by atoms with E-state index in [9.17, 15) is 0 Å². The Morgan fingerprint density at radius 2 is 1.59 bits per heavy atom. The molecule has 3 nitrogen and oxygen atoms in total. The second-order valence-corrected chi connectivity index (χ2v) is 5.59. The zero-order chi connectivity index (χ0) is 12.8. The average Bonchev–Trinajstić information content (AvgIpc) is 2.26. The highest BCUT2D eigenvalue weighted by molar-refractivity contribution is 8.23. The molecule has 0 saturated carbocycles. The van der Waals surface area contributed by atoms with E-state index < -0.39 is 0 Å². The normalized spacial score (nSPS) is 9.65. The molecule has 0 aromatic heterocycles. The third-order valence-corrected chi connectivity index (χ3v) is 3.05. The van der Waals surface area contributed by atoms with Crippen LogP contribution >= 0.6 is 24.0 Å². The molecule has 0 spiro atoms. The molecule has 0 fully saturated rings. The number of thioether (sulfide) groups is 1. The molecule has 0 heterocycles. The van der Waals surface area contributed by atoms with Gasteiger partial charge in [0, 0.05) is 33.1 Å². The first-order valence-corrected chi connectivity index (χ1v) is 6.43. The fourth-order valence-electron chi connectivity index (χ4n) is 1.29. The average molecular weight is 267 g/mol. The van der Waals surface area contributed by atoms with Crippen molar-refractivity contribution in [1.82, 2.24) is 9.80 Å². The molecule has 1 aromatic carbocycles. The number of aliphatic imine (C=N–C) groups is 1. The fourth-order valence-corrected chi connectivity index (χ4v) is 2.29. The summed E-state index contributed by atoms with van der Waals surface area (Å²) in [6, 6.07) is 10.0. The standard InChI is InChI=1S/C12H17N3S2/c1-14(2)11(15(3)4)13-12(16)17-10-8-6-5-7-9-10/h5-9H,1-4H3. The summed E-state index contributed by atoms with van der Waals surface area (Å²) >= 11 is 6.77. The van der Waals surface area contributed by atoms with Gasteiger partial charge in [0.1, 0.15) is 0 Å². The molecular weight excluding hydrogens is 250 g/mol. The van der Waals surface area contributed by atoms with Crippen molar-refractivity contribution in [3.8, 4) is 0 Å². The molecule has 0 aliphatic rings. The SMILES string of the molecule is CN(C)C(=NC(=S)Sc1ccccc1)N(C)C. The number of guanidine groups is 1. The lowest BCUT2D eigenvalue weighted by Gasteiger charge is -2.22. The van der Waals surface area contributed by atoms with Gasteiger partial charge < -0.3 is 9.80 Å². The van der Waals surface area contributed by atoms with Crippen molar-refractivity contribution >= 4 is 34.3 Å². The monoisotopic (exact) mass is 267 g/mol. The third kappa shape index (κ3) is 4.75. The van der Waals surface area contributed by atoms with Gasteiger partial charge >= 0.3 is 0 Å². The van der Waals surface area contributed by atoms with E-state index in [1.54, 1.807) is 0 Å². The lowest BCUT2D eigenvalue weighted by molar-refractivity contribution is 0.485. The Morgan fingerprint density at radius 1 is 1.06 bits per heavy atom. The van der Waals surface area contributed by atoms with Crippen molar-refractivity contribution in [2.24, 2.45) is 4.99 Å². The molecule has 0 N–H and O–H groups in total. The molecule has 0 saturated heterocycles. The van der Waals surface area contributed by atoms with Crippen LogP contribution in [0, 0.1) is 0 Å². The summed E-state index contributed by atoms with van der Waals surface area (Å²) in [5.74, 6) is 0.846. The van der Waals surface area contributed by atoms with Gasteiger partial charge in [-0.1, -0.05) is 30.0 Å². The van der Waals surface area contributed by atoms with Crippen molar-refractivity contribution < 1.29 is 0 Å². The van der Waals surface area contributed by atoms with Gasteiger partial charge in [-0.15, -0.1) is 0 Å². The minimum absolute atomic E-state index is 0.619. The van der Waals surface area contributed by atoms with E-state index in [4.69, 9.17) is 12.2 Å². The lowest BCUT2D eigenvalue weighted by atomic mass is 10.4. The maximum Gasteiger partial charge on any atom is 0.202 e. The summed E-state index contributed by atoms with van der Waals surface area (Å²) in [7, 11) is 7.81. The number of benzene rings is 1. The largest absolute Gasteiger partial charge is 0.349 e. The van der Waals surface area contributed by atoms with E-state index in [1.165, 1.54) is 11.8 Å². The molecule has 0 aliphatic heterocycles. The van der Waals surface area contributed by atoms with Gasteiger partial charge in [-0.05, 0) is 24.4 Å². The minimum Gasteiger partial charge on any atom is -0.349 e. The molecule has 0 amide bonds. The summed E-state index contributed by atoms with van der Waals surface area (Å²) < 4.78 is 0.619. The predicted octanol–water partition coefficient (Wildman–Crippen LogP) is 2.54. The topological polar surface area (TPSA) is 18.8 Å². The molecule has 5 heteroatoms. The Balaban J connectivity index is 2.74. The van der Waals surface area contributed by atoms with E-state index in [2.05, 4.69) is 4.99 Å². The van der Waals surface area contributed by atoms with Gasteiger partial charge in [-0.2, -0.15) is 4.99 Å². The molecular formula is C12H17N3S2. The van der Waals surface area contributed by atoms with Crippen LogP contribution in [0.3, 0.4) is 0 Å². The Kier molecular flexibility index (Phi) is 5.44. The van der Waals surface area contributed by atoms with Crippen LogP contribution < -0.4 is 0 Å². The van der Waals surface area contributed by atoms with Crippen LogP contribution in [-0.4, -0.2) is 48.3 Å². The van der Waals surface area contributed by atoms with Gasteiger partial charge in [0.25, 0.3) is 0 Å². The van der Waals surface area contributed by atoms with Crippen molar-refractivity contribution in [3.05, 3.63) is 30.3 Å². The van der Waals surface area contributed by atoms with Crippen molar-refractivity contribution in [2.75, 3.05) is 28.2 Å². The molecule has 0 atom stereocenters. The van der Waals surface area contributed by atoms with Crippen LogP contribution in [0.15, 0.2) is 40.2 Å². The number of hydrogen-bond acceptors (Lipinski definition) is 2. The Bertz CT molecular complexity index is 389. The zero-order valence-electron chi connectivity index (χ0n) is 10.5. The zero-order valence-corrected chi connectivity index (χ0v) is 12.2. The van der Waals surface area contributed by atoms with Crippen LogP contribution in [0.25, 0.3) is 0 Å². The van der Waals surface area contributed by atoms with E-state index >= 15 is 0 Å². The Labute approximate surface area is 113 Å². The molecule has 92 valence electrons. The van der Waals surface area contributed by atoms with E-state index in [-0.39, 0.29) is 0 Å². The maximum atomic E-state index is 5.27. The quantitative estimate of drug-likeness (QED) is 0.337. The summed E-state index contributed by atoms with van der Waals surface area (Å²) in [5.41, 5.74) is 0. The van der Waals surface area contributed by atoms with Gasteiger partial charge in [0.2, 0.25) is 5.96 Å². The van der Waals surface area contributed by atoms with Gasteiger partial charge in [0.05, 0.1) is 0 Å². The number of thiocarbonyl (C=S) groups is 1. The molecule has 0 bridgehead atoms. The first-order chi connectivity index (χ1) is 8.00. The number of hydrogen-bond donors (Lipinski definition) is 0. The molecule has 0 unspecified atom stereocenters. The van der Waals surface area contributed by atoms with Crippen LogP contribution in [0.4, 0.5) is 0 Å². The smallest absolute Gasteiger partial charge is 0.202 e. The fraction of sp³-hybridized carbons (Fsp3) is 0.333. The Hall–Kier alpha value is -1.07.